The van der Waals surface area contributed by atoms with Crippen LogP contribution < -0.4 is 13.6 Å². The lowest BCUT2D eigenvalue weighted by atomic mass is 9.72. The molecular formula is C29H45NO3S. The molecule has 0 spiro atoms. The standard InChI is InChI=1S/C29H45NO3S/c1-8-9-10-11-12-13-20-32-26-19-16-24(29(6,7)22-28(3,4)5)21-27(26)33-34(31)30-25-17-14-23(2)15-18-25/h14-19,21,30H,8-13,20,22H2,1-7H3. The van der Waals surface area contributed by atoms with E-state index in [1.165, 1.54) is 25.7 Å². The van der Waals surface area contributed by atoms with Gasteiger partial charge in [-0.25, -0.2) is 0 Å². The summed E-state index contributed by atoms with van der Waals surface area (Å²) in [5.74, 6) is 1.16. The van der Waals surface area contributed by atoms with E-state index in [9.17, 15) is 4.21 Å². The Hall–Kier alpha value is -2.01. The molecule has 0 aromatic heterocycles. The molecule has 1 unspecified atom stereocenters. The molecule has 0 aliphatic carbocycles. The van der Waals surface area contributed by atoms with E-state index in [0.717, 1.165) is 36.1 Å². The fourth-order valence-corrected chi connectivity index (χ4v) is 5.09. The summed E-state index contributed by atoms with van der Waals surface area (Å²) in [5, 5.41) is 0. The maximum absolute atomic E-state index is 12.8. The third-order valence-corrected chi connectivity index (χ3v) is 6.60. The normalized spacial score (nSPS) is 12.9. The minimum absolute atomic E-state index is 0.0555. The van der Waals surface area contributed by atoms with E-state index in [1.807, 2.05) is 43.3 Å². The third-order valence-electron chi connectivity index (χ3n) is 5.87. The monoisotopic (exact) mass is 487 g/mol. The summed E-state index contributed by atoms with van der Waals surface area (Å²) in [5.41, 5.74) is 3.18. The first-order chi connectivity index (χ1) is 16.0. The number of nitrogens with one attached hydrogen (secondary N) is 1. The van der Waals surface area contributed by atoms with Crippen LogP contribution in [0.1, 0.15) is 97.6 Å². The Bertz CT molecular complexity index is 901. The highest BCUT2D eigenvalue weighted by molar-refractivity contribution is 7.82. The summed E-state index contributed by atoms with van der Waals surface area (Å²) in [6.45, 7) is 16.1. The maximum atomic E-state index is 12.8. The molecule has 0 saturated heterocycles. The zero-order valence-electron chi connectivity index (χ0n) is 22.3. The van der Waals surface area contributed by atoms with E-state index >= 15 is 0 Å². The van der Waals surface area contributed by atoms with E-state index in [-0.39, 0.29) is 10.8 Å². The zero-order valence-corrected chi connectivity index (χ0v) is 23.1. The van der Waals surface area contributed by atoms with Crippen LogP contribution in [-0.2, 0) is 16.7 Å². The highest BCUT2D eigenvalue weighted by Gasteiger charge is 2.28. The number of hydrogen-bond donors (Lipinski definition) is 1. The summed E-state index contributed by atoms with van der Waals surface area (Å²) in [4.78, 5) is 0. The predicted molar refractivity (Wildman–Crippen MR) is 146 cm³/mol. The molecule has 0 heterocycles. The number of ether oxygens (including phenoxy) is 1. The molecule has 5 heteroatoms. The van der Waals surface area contributed by atoms with Gasteiger partial charge in [0.05, 0.1) is 6.61 Å². The first kappa shape index (κ1) is 28.2. The van der Waals surface area contributed by atoms with Gasteiger partial charge in [0.25, 0.3) is 0 Å². The molecular weight excluding hydrogens is 442 g/mol. The number of anilines is 1. The van der Waals surface area contributed by atoms with Crippen LogP contribution in [0.2, 0.25) is 0 Å². The molecule has 0 amide bonds. The van der Waals surface area contributed by atoms with Crippen molar-refractivity contribution in [3.63, 3.8) is 0 Å². The van der Waals surface area contributed by atoms with Gasteiger partial charge in [-0.3, -0.25) is 4.72 Å². The van der Waals surface area contributed by atoms with Crippen LogP contribution >= 0.6 is 0 Å². The molecule has 0 radical (unpaired) electrons. The Morgan fingerprint density at radius 1 is 0.853 bits per heavy atom. The van der Waals surface area contributed by atoms with Crippen LogP contribution in [0.25, 0.3) is 0 Å². The molecule has 4 nitrogen and oxygen atoms in total. The molecule has 2 aromatic rings. The van der Waals surface area contributed by atoms with E-state index in [0.29, 0.717) is 18.1 Å². The molecule has 1 atom stereocenters. The van der Waals surface area contributed by atoms with Gasteiger partial charge in [-0.1, -0.05) is 97.4 Å². The summed E-state index contributed by atoms with van der Waals surface area (Å²) >= 11 is -1.74. The summed E-state index contributed by atoms with van der Waals surface area (Å²) < 4.78 is 27.7. The van der Waals surface area contributed by atoms with Crippen LogP contribution in [0.5, 0.6) is 11.5 Å². The van der Waals surface area contributed by atoms with Crippen molar-refractivity contribution in [3.05, 3.63) is 53.6 Å². The van der Waals surface area contributed by atoms with E-state index in [2.05, 4.69) is 52.3 Å². The second kappa shape index (κ2) is 13.2. The van der Waals surface area contributed by atoms with Gasteiger partial charge in [-0.05, 0) is 60.4 Å². The van der Waals surface area contributed by atoms with Crippen LogP contribution in [0, 0.1) is 12.3 Å². The molecule has 2 aromatic carbocycles. The Morgan fingerprint density at radius 2 is 1.50 bits per heavy atom. The first-order valence-corrected chi connectivity index (χ1v) is 13.8. The van der Waals surface area contributed by atoms with Gasteiger partial charge in [0, 0.05) is 5.69 Å². The Morgan fingerprint density at radius 3 is 2.15 bits per heavy atom. The summed E-state index contributed by atoms with van der Waals surface area (Å²) in [6, 6.07) is 13.8. The summed E-state index contributed by atoms with van der Waals surface area (Å²) in [7, 11) is 0. The van der Waals surface area contributed by atoms with Crippen LogP contribution in [-0.4, -0.2) is 10.8 Å². The third kappa shape index (κ3) is 10.1. The average Bonchev–Trinajstić information content (AvgIpc) is 2.74. The Balaban J connectivity index is 2.14. The van der Waals surface area contributed by atoms with E-state index in [1.54, 1.807) is 0 Å². The maximum Gasteiger partial charge on any atom is 0.316 e. The molecule has 190 valence electrons. The Kier molecular flexibility index (Phi) is 10.9. The highest BCUT2D eigenvalue weighted by Crippen LogP contribution is 2.40. The van der Waals surface area contributed by atoms with Crippen molar-refractivity contribution in [2.75, 3.05) is 11.3 Å². The van der Waals surface area contributed by atoms with Crippen molar-refractivity contribution >= 4 is 17.0 Å². The van der Waals surface area contributed by atoms with Gasteiger partial charge in [0.2, 0.25) is 0 Å². The fraction of sp³-hybridized carbons (Fsp3) is 0.586. The van der Waals surface area contributed by atoms with Gasteiger partial charge >= 0.3 is 11.3 Å². The molecule has 34 heavy (non-hydrogen) atoms. The molecule has 0 bridgehead atoms. The van der Waals surface area contributed by atoms with Crippen LogP contribution in [0.3, 0.4) is 0 Å². The van der Waals surface area contributed by atoms with Gasteiger partial charge in [0.1, 0.15) is 0 Å². The molecule has 0 aliphatic rings. The molecule has 0 aliphatic heterocycles. The quantitative estimate of drug-likeness (QED) is 0.272. The average molecular weight is 488 g/mol. The van der Waals surface area contributed by atoms with E-state index in [4.69, 9.17) is 8.92 Å². The second-order valence-corrected chi connectivity index (χ2v) is 12.0. The lowest BCUT2D eigenvalue weighted by Gasteiger charge is -2.33. The number of rotatable bonds is 14. The Labute approximate surface area is 210 Å². The number of aryl methyl sites for hydroxylation is 1. The molecule has 0 saturated carbocycles. The van der Waals surface area contributed by atoms with Crippen molar-refractivity contribution in [2.24, 2.45) is 5.41 Å². The van der Waals surface area contributed by atoms with Gasteiger partial charge < -0.3 is 8.92 Å². The fourth-order valence-electron chi connectivity index (χ4n) is 4.43. The number of benzene rings is 2. The lowest BCUT2D eigenvalue weighted by molar-refractivity contribution is 0.281. The highest BCUT2D eigenvalue weighted by atomic mass is 32.2. The predicted octanol–water partition coefficient (Wildman–Crippen LogP) is 8.52. The minimum atomic E-state index is -1.74. The first-order valence-electron chi connectivity index (χ1n) is 12.7. The van der Waals surface area contributed by atoms with Crippen molar-refractivity contribution < 1.29 is 13.1 Å². The minimum Gasteiger partial charge on any atom is -0.490 e. The van der Waals surface area contributed by atoms with E-state index < -0.39 is 11.3 Å². The summed E-state index contributed by atoms with van der Waals surface area (Å²) in [6.07, 6.45) is 8.26. The topological polar surface area (TPSA) is 47.6 Å². The van der Waals surface area contributed by atoms with Crippen LogP contribution in [0.4, 0.5) is 5.69 Å². The number of unbranched alkanes of at least 4 members (excludes halogenated alkanes) is 5. The van der Waals surface area contributed by atoms with Crippen molar-refractivity contribution in [1.82, 2.24) is 0 Å². The van der Waals surface area contributed by atoms with Crippen LogP contribution in [0.15, 0.2) is 42.5 Å². The molecule has 1 N–H and O–H groups in total. The van der Waals surface area contributed by atoms with Crippen molar-refractivity contribution in [3.8, 4) is 11.5 Å². The van der Waals surface area contributed by atoms with Gasteiger partial charge in [-0.2, -0.15) is 4.21 Å². The van der Waals surface area contributed by atoms with Crippen molar-refractivity contribution in [1.29, 1.82) is 0 Å². The lowest BCUT2D eigenvalue weighted by Crippen LogP contribution is -2.25. The number of hydrogen-bond acceptors (Lipinski definition) is 3. The van der Waals surface area contributed by atoms with Crippen molar-refractivity contribution in [2.45, 2.75) is 98.8 Å². The second-order valence-electron chi connectivity index (χ2n) is 11.2. The SMILES string of the molecule is CCCCCCCCOc1ccc(C(C)(C)CC(C)(C)C)cc1OS(=O)Nc1ccc(C)cc1. The molecule has 2 rings (SSSR count). The van der Waals surface area contributed by atoms with Gasteiger partial charge in [-0.15, -0.1) is 0 Å². The largest absolute Gasteiger partial charge is 0.490 e. The molecule has 0 fully saturated rings. The zero-order chi connectivity index (χ0) is 25.2. The smallest absolute Gasteiger partial charge is 0.316 e. The van der Waals surface area contributed by atoms with Gasteiger partial charge in [0.15, 0.2) is 11.5 Å².